The Morgan fingerprint density at radius 3 is 2.14 bits per heavy atom. The first kappa shape index (κ1) is 19.9. The SMILES string of the molecule is Cc1cc2c(cc1C1=CCCC1c1ccc(C(=O)O)cc1)C(C)(C)CCC2(C)C. The molecule has 2 aliphatic carbocycles. The molecule has 4 rings (SSSR count). The predicted octanol–water partition coefficient (Wildman–Crippen LogP) is 7.00. The molecule has 2 aliphatic rings. The van der Waals surface area contributed by atoms with Crippen LogP contribution in [-0.4, -0.2) is 11.1 Å². The minimum Gasteiger partial charge on any atom is -0.478 e. The first-order chi connectivity index (χ1) is 13.6. The summed E-state index contributed by atoms with van der Waals surface area (Å²) in [4.78, 5) is 11.2. The van der Waals surface area contributed by atoms with Gasteiger partial charge in [-0.25, -0.2) is 4.79 Å². The van der Waals surface area contributed by atoms with Crippen molar-refractivity contribution >= 4 is 11.5 Å². The minimum absolute atomic E-state index is 0.200. The van der Waals surface area contributed by atoms with Crippen LogP contribution in [-0.2, 0) is 10.8 Å². The fraction of sp³-hybridized carbons (Fsp3) is 0.444. The molecule has 0 aromatic heterocycles. The molecule has 0 saturated heterocycles. The number of hydrogen-bond acceptors (Lipinski definition) is 1. The van der Waals surface area contributed by atoms with Crippen molar-refractivity contribution in [3.63, 3.8) is 0 Å². The summed E-state index contributed by atoms with van der Waals surface area (Å²) in [6.45, 7) is 11.8. The van der Waals surface area contributed by atoms with Crippen LogP contribution in [0.2, 0.25) is 0 Å². The van der Waals surface area contributed by atoms with Crippen molar-refractivity contribution in [2.45, 2.75) is 77.0 Å². The highest BCUT2D eigenvalue weighted by molar-refractivity contribution is 5.87. The molecule has 0 amide bonds. The third kappa shape index (κ3) is 3.43. The number of hydrogen-bond donors (Lipinski definition) is 1. The average molecular weight is 389 g/mol. The van der Waals surface area contributed by atoms with Crippen LogP contribution in [0.15, 0.2) is 42.5 Å². The number of carbonyl (C=O) groups is 1. The molecule has 152 valence electrons. The van der Waals surface area contributed by atoms with Gasteiger partial charge in [-0.1, -0.05) is 58.0 Å². The Morgan fingerprint density at radius 2 is 1.55 bits per heavy atom. The van der Waals surface area contributed by atoms with Crippen LogP contribution in [0.3, 0.4) is 0 Å². The summed E-state index contributed by atoms with van der Waals surface area (Å²) in [5.41, 5.74) is 9.15. The van der Waals surface area contributed by atoms with Crippen LogP contribution >= 0.6 is 0 Å². The van der Waals surface area contributed by atoms with Gasteiger partial charge in [-0.15, -0.1) is 0 Å². The van der Waals surface area contributed by atoms with Gasteiger partial charge in [0.05, 0.1) is 5.56 Å². The van der Waals surface area contributed by atoms with E-state index in [1.54, 1.807) is 12.1 Å². The number of carboxylic acid groups (broad SMARTS) is 1. The normalized spacial score (nSPS) is 22.1. The lowest BCUT2D eigenvalue weighted by molar-refractivity contribution is 0.0697. The molecule has 2 aromatic carbocycles. The van der Waals surface area contributed by atoms with Gasteiger partial charge in [-0.2, -0.15) is 0 Å². The third-order valence-corrected chi connectivity index (χ3v) is 7.26. The standard InChI is InChI=1S/C27H32O2/c1-17-15-23-24(27(4,5)14-13-26(23,2)3)16-22(17)21-8-6-7-20(21)18-9-11-19(12-10-18)25(28)29/h8-12,15-16,20H,6-7,13-14H2,1-5H3,(H,28,29). The van der Waals surface area contributed by atoms with Gasteiger partial charge in [-0.05, 0) is 89.0 Å². The molecular formula is C27H32O2. The molecule has 0 saturated carbocycles. The fourth-order valence-electron chi connectivity index (χ4n) is 5.24. The van der Waals surface area contributed by atoms with Gasteiger partial charge in [-0.3, -0.25) is 0 Å². The Balaban J connectivity index is 1.77. The number of rotatable bonds is 3. The topological polar surface area (TPSA) is 37.3 Å². The monoisotopic (exact) mass is 388 g/mol. The first-order valence-electron chi connectivity index (χ1n) is 10.8. The Morgan fingerprint density at radius 1 is 0.966 bits per heavy atom. The van der Waals surface area contributed by atoms with Crippen molar-refractivity contribution in [1.29, 1.82) is 0 Å². The smallest absolute Gasteiger partial charge is 0.335 e. The molecule has 0 fully saturated rings. The molecule has 0 bridgehead atoms. The highest BCUT2D eigenvalue weighted by Gasteiger charge is 2.38. The maximum atomic E-state index is 11.2. The first-order valence-corrected chi connectivity index (χ1v) is 10.8. The molecule has 0 spiro atoms. The lowest BCUT2D eigenvalue weighted by Gasteiger charge is -2.42. The number of aromatic carboxylic acids is 1. The van der Waals surface area contributed by atoms with Gasteiger partial charge in [0.25, 0.3) is 0 Å². The highest BCUT2D eigenvalue weighted by atomic mass is 16.4. The lowest BCUT2D eigenvalue weighted by atomic mass is 9.62. The molecule has 2 aromatic rings. The van der Waals surface area contributed by atoms with Crippen molar-refractivity contribution < 1.29 is 9.90 Å². The van der Waals surface area contributed by atoms with Gasteiger partial charge >= 0.3 is 5.97 Å². The Kier molecular flexibility index (Phi) is 4.72. The summed E-state index contributed by atoms with van der Waals surface area (Å²) in [5, 5.41) is 9.20. The van der Waals surface area contributed by atoms with Crippen molar-refractivity contribution in [1.82, 2.24) is 0 Å². The molecule has 1 unspecified atom stereocenters. The summed E-state index contributed by atoms with van der Waals surface area (Å²) in [6, 6.07) is 12.4. The van der Waals surface area contributed by atoms with Crippen LogP contribution in [0.1, 0.15) is 97.5 Å². The van der Waals surface area contributed by atoms with Crippen LogP contribution < -0.4 is 0 Å². The molecule has 1 atom stereocenters. The summed E-state index contributed by atoms with van der Waals surface area (Å²) < 4.78 is 0. The Labute approximate surface area is 174 Å². The van der Waals surface area contributed by atoms with Gasteiger partial charge in [0.1, 0.15) is 0 Å². The zero-order valence-electron chi connectivity index (χ0n) is 18.3. The van der Waals surface area contributed by atoms with E-state index in [2.05, 4.69) is 52.8 Å². The number of aryl methyl sites for hydroxylation is 1. The molecular weight excluding hydrogens is 356 g/mol. The predicted molar refractivity (Wildman–Crippen MR) is 120 cm³/mol. The minimum atomic E-state index is -0.867. The summed E-state index contributed by atoms with van der Waals surface area (Å²) in [6.07, 6.45) is 7.01. The lowest BCUT2D eigenvalue weighted by Crippen LogP contribution is -2.34. The van der Waals surface area contributed by atoms with E-state index < -0.39 is 5.97 Å². The maximum Gasteiger partial charge on any atom is 0.335 e. The van der Waals surface area contributed by atoms with E-state index in [1.165, 1.54) is 46.2 Å². The largest absolute Gasteiger partial charge is 0.478 e. The Hall–Kier alpha value is -2.35. The number of benzene rings is 2. The second kappa shape index (κ2) is 6.86. The van der Waals surface area contributed by atoms with E-state index in [-0.39, 0.29) is 10.8 Å². The molecule has 29 heavy (non-hydrogen) atoms. The van der Waals surface area contributed by atoms with Crippen molar-refractivity contribution in [3.05, 3.63) is 75.9 Å². The number of allylic oxidation sites excluding steroid dienone is 2. The van der Waals surface area contributed by atoms with Gasteiger partial charge < -0.3 is 5.11 Å². The van der Waals surface area contributed by atoms with Gasteiger partial charge in [0.2, 0.25) is 0 Å². The summed E-state index contributed by atoms with van der Waals surface area (Å²) in [5.74, 6) is -0.525. The zero-order valence-corrected chi connectivity index (χ0v) is 18.3. The van der Waals surface area contributed by atoms with Crippen LogP contribution in [0, 0.1) is 6.92 Å². The van der Waals surface area contributed by atoms with Crippen LogP contribution in [0.5, 0.6) is 0 Å². The molecule has 2 heteroatoms. The van der Waals surface area contributed by atoms with E-state index in [9.17, 15) is 9.90 Å². The van der Waals surface area contributed by atoms with E-state index >= 15 is 0 Å². The van der Waals surface area contributed by atoms with E-state index in [4.69, 9.17) is 0 Å². The van der Waals surface area contributed by atoms with Crippen molar-refractivity contribution in [3.8, 4) is 0 Å². The third-order valence-electron chi connectivity index (χ3n) is 7.26. The second-order valence-electron chi connectivity index (χ2n) is 10.2. The number of carboxylic acids is 1. The molecule has 0 heterocycles. The highest BCUT2D eigenvalue weighted by Crippen LogP contribution is 2.49. The van der Waals surface area contributed by atoms with E-state index in [0.29, 0.717) is 11.5 Å². The summed E-state index contributed by atoms with van der Waals surface area (Å²) >= 11 is 0. The fourth-order valence-corrected chi connectivity index (χ4v) is 5.24. The molecule has 0 radical (unpaired) electrons. The van der Waals surface area contributed by atoms with E-state index in [1.807, 2.05) is 12.1 Å². The zero-order chi connectivity index (χ0) is 21.0. The summed E-state index contributed by atoms with van der Waals surface area (Å²) in [7, 11) is 0. The Bertz CT molecular complexity index is 990. The van der Waals surface area contributed by atoms with E-state index in [0.717, 1.165) is 12.8 Å². The van der Waals surface area contributed by atoms with Crippen LogP contribution in [0.25, 0.3) is 5.57 Å². The average Bonchev–Trinajstić information content (AvgIpc) is 3.15. The van der Waals surface area contributed by atoms with Gasteiger partial charge in [0, 0.05) is 5.92 Å². The number of fused-ring (bicyclic) bond motifs is 1. The molecule has 0 aliphatic heterocycles. The van der Waals surface area contributed by atoms with Crippen LogP contribution in [0.4, 0.5) is 0 Å². The second-order valence-corrected chi connectivity index (χ2v) is 10.2. The molecule has 1 N–H and O–H groups in total. The molecule has 2 nitrogen and oxygen atoms in total. The van der Waals surface area contributed by atoms with Crippen molar-refractivity contribution in [2.24, 2.45) is 0 Å². The van der Waals surface area contributed by atoms with Crippen molar-refractivity contribution in [2.75, 3.05) is 0 Å². The quantitative estimate of drug-likeness (QED) is 0.614. The van der Waals surface area contributed by atoms with Gasteiger partial charge in [0.15, 0.2) is 0 Å². The maximum absolute atomic E-state index is 11.2.